The van der Waals surface area contributed by atoms with E-state index in [0.29, 0.717) is 17.9 Å². The van der Waals surface area contributed by atoms with Crippen molar-refractivity contribution < 1.29 is 14.2 Å². The maximum atomic E-state index is 13.2. The van der Waals surface area contributed by atoms with Gasteiger partial charge in [-0.3, -0.25) is 0 Å². The summed E-state index contributed by atoms with van der Waals surface area (Å²) in [6.07, 6.45) is 0.121. The zero-order valence-electron chi connectivity index (χ0n) is 10.1. The molecule has 0 spiro atoms. The Morgan fingerprint density at radius 3 is 2.89 bits per heavy atom. The van der Waals surface area contributed by atoms with Crippen molar-refractivity contribution in [3.05, 3.63) is 52.0 Å². The molecule has 0 radical (unpaired) electrons. The van der Waals surface area contributed by atoms with Crippen molar-refractivity contribution in [3.8, 4) is 5.75 Å². The first-order valence-electron chi connectivity index (χ1n) is 5.79. The van der Waals surface area contributed by atoms with Gasteiger partial charge in [-0.15, -0.1) is 11.3 Å². The molecule has 2 aromatic rings. The fraction of sp³-hybridized carbons (Fsp3) is 0.286. The van der Waals surface area contributed by atoms with Gasteiger partial charge >= 0.3 is 0 Å². The molecule has 0 aliphatic carbocycles. The van der Waals surface area contributed by atoms with Gasteiger partial charge in [0.1, 0.15) is 11.6 Å². The van der Waals surface area contributed by atoms with Crippen molar-refractivity contribution in [2.24, 2.45) is 0 Å². The highest BCUT2D eigenvalue weighted by molar-refractivity contribution is 7.09. The molecule has 0 saturated carbocycles. The topological polar surface area (TPSA) is 29.5 Å². The number of hydrogen-bond donors (Lipinski definition) is 1. The molecule has 0 saturated heterocycles. The van der Waals surface area contributed by atoms with Crippen LogP contribution in [0.1, 0.15) is 23.5 Å². The second kappa shape index (κ2) is 5.98. The summed E-state index contributed by atoms with van der Waals surface area (Å²) in [5.41, 5.74) is 0.613. The summed E-state index contributed by atoms with van der Waals surface area (Å²) >= 11 is 1.67. The minimum Gasteiger partial charge on any atom is -0.493 e. The molecular weight excluding hydrogens is 251 g/mol. The number of benzene rings is 1. The molecule has 1 unspecified atom stereocenters. The van der Waals surface area contributed by atoms with Crippen LogP contribution in [0.2, 0.25) is 0 Å². The summed E-state index contributed by atoms with van der Waals surface area (Å²) in [4.78, 5) is 1.23. The van der Waals surface area contributed by atoms with Crippen LogP contribution in [0.25, 0.3) is 0 Å². The van der Waals surface area contributed by atoms with E-state index in [1.165, 1.54) is 17.0 Å². The molecule has 2 nitrogen and oxygen atoms in total. The zero-order valence-corrected chi connectivity index (χ0v) is 10.9. The van der Waals surface area contributed by atoms with Gasteiger partial charge in [0.15, 0.2) is 0 Å². The minimum atomic E-state index is -0.665. The smallest absolute Gasteiger partial charge is 0.128 e. The molecular formula is C14H15FO2S. The average Bonchev–Trinajstić information content (AvgIpc) is 2.82. The second-order valence-electron chi connectivity index (χ2n) is 4.04. The standard InChI is InChI=1S/C14H15FO2S/c1-10(16)13-5-4-11(15)9-14(13)17-7-6-12-3-2-8-18-12/h2-5,8-10,16H,6-7H2,1H3. The van der Waals surface area contributed by atoms with Gasteiger partial charge in [-0.05, 0) is 30.5 Å². The summed E-state index contributed by atoms with van der Waals surface area (Å²) < 4.78 is 18.7. The van der Waals surface area contributed by atoms with Crippen LogP contribution < -0.4 is 4.74 Å². The Kier molecular flexibility index (Phi) is 4.33. The van der Waals surface area contributed by atoms with Gasteiger partial charge in [-0.1, -0.05) is 6.07 Å². The molecule has 4 heteroatoms. The SMILES string of the molecule is CC(O)c1ccc(F)cc1OCCc1cccs1. The van der Waals surface area contributed by atoms with E-state index in [1.54, 1.807) is 24.3 Å². The number of rotatable bonds is 5. The molecule has 0 aliphatic heterocycles. The molecule has 0 amide bonds. The number of thiophene rings is 1. The third-order valence-corrected chi connectivity index (χ3v) is 3.55. The van der Waals surface area contributed by atoms with Crippen molar-refractivity contribution in [1.29, 1.82) is 0 Å². The number of hydrogen-bond acceptors (Lipinski definition) is 3. The van der Waals surface area contributed by atoms with E-state index in [0.717, 1.165) is 6.42 Å². The summed E-state index contributed by atoms with van der Waals surface area (Å²) in [5.74, 6) is 0.0621. The van der Waals surface area contributed by atoms with E-state index < -0.39 is 6.10 Å². The molecule has 0 fully saturated rings. The van der Waals surface area contributed by atoms with Crippen LogP contribution in [0.5, 0.6) is 5.75 Å². The number of aliphatic hydroxyl groups excluding tert-OH is 1. The van der Waals surface area contributed by atoms with Crippen LogP contribution in [-0.4, -0.2) is 11.7 Å². The Labute approximate surface area is 110 Å². The first kappa shape index (κ1) is 13.1. The van der Waals surface area contributed by atoms with Gasteiger partial charge in [0.05, 0.1) is 12.7 Å². The van der Waals surface area contributed by atoms with Crippen LogP contribution in [0.3, 0.4) is 0 Å². The van der Waals surface area contributed by atoms with Crippen molar-refractivity contribution in [2.75, 3.05) is 6.61 Å². The lowest BCUT2D eigenvalue weighted by Gasteiger charge is -2.13. The molecule has 18 heavy (non-hydrogen) atoms. The van der Waals surface area contributed by atoms with Crippen LogP contribution in [0, 0.1) is 5.82 Å². The molecule has 1 aromatic heterocycles. The highest BCUT2D eigenvalue weighted by Crippen LogP contribution is 2.26. The summed E-state index contributed by atoms with van der Waals surface area (Å²) in [6, 6.07) is 8.23. The Bertz CT molecular complexity index is 495. The largest absolute Gasteiger partial charge is 0.493 e. The quantitative estimate of drug-likeness (QED) is 0.896. The van der Waals surface area contributed by atoms with Crippen molar-refractivity contribution in [3.63, 3.8) is 0 Å². The minimum absolute atomic E-state index is 0.356. The van der Waals surface area contributed by atoms with E-state index in [9.17, 15) is 9.50 Å². The second-order valence-corrected chi connectivity index (χ2v) is 5.07. The van der Waals surface area contributed by atoms with E-state index >= 15 is 0 Å². The number of halogens is 1. The van der Waals surface area contributed by atoms with E-state index in [2.05, 4.69) is 0 Å². The fourth-order valence-corrected chi connectivity index (χ4v) is 2.38. The molecule has 0 aliphatic rings. The van der Waals surface area contributed by atoms with Gasteiger partial charge in [0.2, 0.25) is 0 Å². The summed E-state index contributed by atoms with van der Waals surface area (Å²) in [6.45, 7) is 2.11. The first-order chi connectivity index (χ1) is 8.66. The van der Waals surface area contributed by atoms with E-state index in [1.807, 2.05) is 17.5 Å². The van der Waals surface area contributed by atoms with Crippen molar-refractivity contribution in [1.82, 2.24) is 0 Å². The maximum Gasteiger partial charge on any atom is 0.128 e. The lowest BCUT2D eigenvalue weighted by molar-refractivity contribution is 0.191. The molecule has 1 heterocycles. The Morgan fingerprint density at radius 2 is 2.22 bits per heavy atom. The predicted octanol–water partition coefficient (Wildman–Crippen LogP) is 3.56. The highest BCUT2D eigenvalue weighted by atomic mass is 32.1. The Balaban J connectivity index is 2.01. The maximum absolute atomic E-state index is 13.2. The molecule has 1 aromatic carbocycles. The number of aliphatic hydroxyl groups is 1. The van der Waals surface area contributed by atoms with Gasteiger partial charge in [-0.2, -0.15) is 0 Å². The van der Waals surface area contributed by atoms with Crippen LogP contribution in [0.4, 0.5) is 4.39 Å². The van der Waals surface area contributed by atoms with Gasteiger partial charge in [0, 0.05) is 22.9 Å². The number of ether oxygens (including phenoxy) is 1. The Morgan fingerprint density at radius 1 is 1.39 bits per heavy atom. The third-order valence-electron chi connectivity index (χ3n) is 2.61. The van der Waals surface area contributed by atoms with Gasteiger partial charge in [0.25, 0.3) is 0 Å². The average molecular weight is 266 g/mol. The van der Waals surface area contributed by atoms with E-state index in [-0.39, 0.29) is 5.82 Å². The van der Waals surface area contributed by atoms with Crippen LogP contribution >= 0.6 is 11.3 Å². The van der Waals surface area contributed by atoms with Crippen molar-refractivity contribution in [2.45, 2.75) is 19.4 Å². The highest BCUT2D eigenvalue weighted by Gasteiger charge is 2.10. The lowest BCUT2D eigenvalue weighted by Crippen LogP contribution is -2.04. The summed E-state index contributed by atoms with van der Waals surface area (Å²) in [5, 5.41) is 11.6. The molecule has 1 N–H and O–H groups in total. The van der Waals surface area contributed by atoms with Gasteiger partial charge in [-0.25, -0.2) is 4.39 Å². The molecule has 2 rings (SSSR count). The van der Waals surface area contributed by atoms with Crippen LogP contribution in [0.15, 0.2) is 35.7 Å². The normalized spacial score (nSPS) is 12.4. The van der Waals surface area contributed by atoms with Crippen LogP contribution in [-0.2, 0) is 6.42 Å². The van der Waals surface area contributed by atoms with Crippen molar-refractivity contribution >= 4 is 11.3 Å². The monoisotopic (exact) mass is 266 g/mol. The fourth-order valence-electron chi connectivity index (χ4n) is 1.69. The van der Waals surface area contributed by atoms with Gasteiger partial charge < -0.3 is 9.84 Å². The summed E-state index contributed by atoms with van der Waals surface area (Å²) in [7, 11) is 0. The first-order valence-corrected chi connectivity index (χ1v) is 6.67. The molecule has 0 bridgehead atoms. The van der Waals surface area contributed by atoms with E-state index in [4.69, 9.17) is 4.74 Å². The molecule has 1 atom stereocenters. The third kappa shape index (κ3) is 3.31. The lowest BCUT2D eigenvalue weighted by atomic mass is 10.1. The zero-order chi connectivity index (χ0) is 13.0. The predicted molar refractivity (Wildman–Crippen MR) is 70.6 cm³/mol. The Hall–Kier alpha value is -1.39. The molecule has 96 valence electrons.